The normalized spacial score (nSPS) is 29.7. The summed E-state index contributed by atoms with van der Waals surface area (Å²) in [5, 5.41) is 2.64. The van der Waals surface area contributed by atoms with Crippen LogP contribution >= 0.6 is 23.1 Å². The molecular weight excluding hydrogens is 362 g/mol. The van der Waals surface area contributed by atoms with E-state index in [1.807, 2.05) is 0 Å². The van der Waals surface area contributed by atoms with Crippen molar-refractivity contribution in [3.05, 3.63) is 34.3 Å². The molecular formula is C20H23N3OS2. The Morgan fingerprint density at radius 2 is 2.08 bits per heavy atom. The van der Waals surface area contributed by atoms with Crippen LogP contribution in [0.25, 0.3) is 10.4 Å². The first kappa shape index (κ1) is 16.8. The molecule has 4 unspecified atom stereocenters. The fraction of sp³-hybridized carbons (Fsp3) is 0.500. The highest BCUT2D eigenvalue weighted by Crippen LogP contribution is 2.53. The maximum absolute atomic E-state index is 11.9. The van der Waals surface area contributed by atoms with Gasteiger partial charge in [-0.3, -0.25) is 4.79 Å². The molecule has 4 atom stereocenters. The van der Waals surface area contributed by atoms with Gasteiger partial charge in [-0.05, 0) is 48.6 Å². The minimum Gasteiger partial charge on any atom is -0.369 e. The van der Waals surface area contributed by atoms with Crippen molar-refractivity contribution < 1.29 is 4.79 Å². The van der Waals surface area contributed by atoms with Gasteiger partial charge in [0.05, 0.1) is 6.04 Å². The van der Waals surface area contributed by atoms with Crippen molar-refractivity contribution in [3.63, 3.8) is 0 Å². The molecule has 0 saturated heterocycles. The lowest BCUT2D eigenvalue weighted by molar-refractivity contribution is -0.117. The summed E-state index contributed by atoms with van der Waals surface area (Å²) in [6, 6.07) is 3.89. The minimum atomic E-state index is -0.415. The number of carbonyl (C=O) groups excluding carboxylic acids is 1. The summed E-state index contributed by atoms with van der Waals surface area (Å²) in [7, 11) is 0. The van der Waals surface area contributed by atoms with E-state index in [4.69, 9.17) is 16.5 Å². The number of nitrogens with zero attached hydrogens (tertiary/aromatic N) is 1. The van der Waals surface area contributed by atoms with Gasteiger partial charge in [0.25, 0.3) is 0 Å². The monoisotopic (exact) mass is 385 g/mol. The van der Waals surface area contributed by atoms with Crippen LogP contribution in [-0.4, -0.2) is 16.1 Å². The zero-order valence-electron chi connectivity index (χ0n) is 14.6. The molecule has 1 fully saturated rings. The van der Waals surface area contributed by atoms with Crippen LogP contribution in [0.5, 0.6) is 0 Å². The smallest absolute Gasteiger partial charge is 0.232 e. The molecule has 26 heavy (non-hydrogen) atoms. The molecule has 5 rings (SSSR count). The zero-order chi connectivity index (χ0) is 17.8. The summed E-state index contributed by atoms with van der Waals surface area (Å²) in [6.07, 6.45) is 7.53. The zero-order valence-corrected chi connectivity index (χ0v) is 16.2. The molecule has 0 bridgehead atoms. The Morgan fingerprint density at radius 3 is 2.85 bits per heavy atom. The van der Waals surface area contributed by atoms with Gasteiger partial charge in [0, 0.05) is 27.6 Å². The molecule has 3 aliphatic rings. The summed E-state index contributed by atoms with van der Waals surface area (Å²) in [4.78, 5) is 18.3. The molecule has 4 N–H and O–H groups in total. The molecule has 4 nitrogen and oxygen atoms in total. The average molecular weight is 386 g/mol. The number of hydrogen-bond donors (Lipinski definition) is 2. The van der Waals surface area contributed by atoms with E-state index in [-0.39, 0.29) is 11.9 Å². The van der Waals surface area contributed by atoms with E-state index in [9.17, 15) is 4.79 Å². The minimum absolute atomic E-state index is 0.342. The van der Waals surface area contributed by atoms with E-state index in [0.717, 1.165) is 22.9 Å². The Morgan fingerprint density at radius 1 is 1.23 bits per heavy atom. The predicted octanol–water partition coefficient (Wildman–Crippen LogP) is 3.99. The van der Waals surface area contributed by atoms with Gasteiger partial charge < -0.3 is 11.5 Å². The van der Waals surface area contributed by atoms with Crippen LogP contribution in [0.2, 0.25) is 0 Å². The number of nitrogens with two attached hydrogens (primary N) is 2. The summed E-state index contributed by atoms with van der Waals surface area (Å²) < 4.78 is 0. The van der Waals surface area contributed by atoms with Gasteiger partial charge in [-0.25, -0.2) is 4.98 Å². The van der Waals surface area contributed by atoms with Crippen molar-refractivity contribution in [3.8, 4) is 10.4 Å². The van der Waals surface area contributed by atoms with Crippen LogP contribution in [0.3, 0.4) is 0 Å². The van der Waals surface area contributed by atoms with Gasteiger partial charge in [0.2, 0.25) is 5.91 Å². The second-order valence-electron chi connectivity index (χ2n) is 7.70. The fourth-order valence-electron chi connectivity index (χ4n) is 5.12. The van der Waals surface area contributed by atoms with Crippen molar-refractivity contribution in [1.29, 1.82) is 0 Å². The van der Waals surface area contributed by atoms with Crippen molar-refractivity contribution in [2.45, 2.75) is 60.8 Å². The quantitative estimate of drug-likeness (QED) is 0.819. The molecule has 0 aromatic carbocycles. The fourth-order valence-corrected chi connectivity index (χ4v) is 7.09. The van der Waals surface area contributed by atoms with E-state index in [0.29, 0.717) is 5.92 Å². The number of pyridine rings is 1. The first-order valence-corrected chi connectivity index (χ1v) is 11.2. The van der Waals surface area contributed by atoms with E-state index in [1.54, 1.807) is 11.3 Å². The lowest BCUT2D eigenvalue weighted by atomic mass is 9.69. The summed E-state index contributed by atoms with van der Waals surface area (Å²) in [5.41, 5.74) is 17.1. The van der Waals surface area contributed by atoms with Gasteiger partial charge in [-0.15, -0.1) is 11.3 Å². The Hall–Kier alpha value is -1.37. The number of thiophene rings is 1. The van der Waals surface area contributed by atoms with Gasteiger partial charge in [0.1, 0.15) is 10.3 Å². The molecule has 3 heterocycles. The number of fused-ring (bicyclic) bond motifs is 4. The topological polar surface area (TPSA) is 82.0 Å². The molecule has 0 spiro atoms. The molecule has 6 heteroatoms. The van der Waals surface area contributed by atoms with Crippen molar-refractivity contribution in [2.24, 2.45) is 17.4 Å². The molecule has 136 valence electrons. The van der Waals surface area contributed by atoms with Gasteiger partial charge in [-0.2, -0.15) is 0 Å². The third-order valence-electron chi connectivity index (χ3n) is 6.30. The standard InChI is InChI=1S/C20H23N3OS2/c21-16-15-14(13-6-3-9-25-13)12-8-7-10-4-1-2-5-11(10)17(12)23-20(15)26-18(16)19(22)24/h3,6,9-11,16,18H,1-2,4-5,7-8,21H2,(H2,22,24). The third-order valence-corrected chi connectivity index (χ3v) is 8.51. The SMILES string of the molecule is NC(=O)C1Sc2nc3c(c(-c4cccs4)c2C1N)CCC1CCCCC31. The van der Waals surface area contributed by atoms with E-state index >= 15 is 0 Å². The predicted molar refractivity (Wildman–Crippen MR) is 106 cm³/mol. The maximum atomic E-state index is 11.9. The van der Waals surface area contributed by atoms with Gasteiger partial charge in [-0.1, -0.05) is 30.7 Å². The molecule has 1 amide bonds. The number of amides is 1. The number of rotatable bonds is 2. The highest BCUT2D eigenvalue weighted by molar-refractivity contribution is 8.01. The second-order valence-corrected chi connectivity index (χ2v) is 9.78. The van der Waals surface area contributed by atoms with Crippen LogP contribution in [0.1, 0.15) is 60.9 Å². The highest BCUT2D eigenvalue weighted by atomic mass is 32.2. The Labute approximate surface area is 161 Å². The van der Waals surface area contributed by atoms with Crippen LogP contribution in [0, 0.1) is 5.92 Å². The van der Waals surface area contributed by atoms with E-state index in [2.05, 4.69) is 17.5 Å². The van der Waals surface area contributed by atoms with Crippen molar-refractivity contribution in [2.75, 3.05) is 0 Å². The molecule has 2 aliphatic carbocycles. The van der Waals surface area contributed by atoms with Crippen molar-refractivity contribution in [1.82, 2.24) is 4.98 Å². The molecule has 1 saturated carbocycles. The number of carbonyl (C=O) groups is 1. The number of hydrogen-bond acceptors (Lipinski definition) is 5. The lowest BCUT2D eigenvalue weighted by Gasteiger charge is -2.37. The largest absolute Gasteiger partial charge is 0.369 e. The average Bonchev–Trinajstić information content (AvgIpc) is 3.28. The van der Waals surface area contributed by atoms with Crippen LogP contribution in [0.15, 0.2) is 22.5 Å². The lowest BCUT2D eigenvalue weighted by Crippen LogP contribution is -2.33. The van der Waals surface area contributed by atoms with Crippen LogP contribution in [-0.2, 0) is 11.2 Å². The Kier molecular flexibility index (Phi) is 4.10. The second kappa shape index (κ2) is 6.36. The number of aromatic nitrogens is 1. The maximum Gasteiger partial charge on any atom is 0.232 e. The van der Waals surface area contributed by atoms with E-state index < -0.39 is 5.25 Å². The van der Waals surface area contributed by atoms with Crippen LogP contribution < -0.4 is 11.5 Å². The summed E-state index contributed by atoms with van der Waals surface area (Å²) in [6.45, 7) is 0. The first-order valence-electron chi connectivity index (χ1n) is 9.47. The Balaban J connectivity index is 1.73. The number of primary amides is 1. The molecule has 0 radical (unpaired) electrons. The third kappa shape index (κ3) is 2.46. The molecule has 2 aromatic rings. The van der Waals surface area contributed by atoms with Crippen molar-refractivity contribution >= 4 is 29.0 Å². The van der Waals surface area contributed by atoms with E-state index in [1.165, 1.54) is 65.6 Å². The van der Waals surface area contributed by atoms with Gasteiger partial charge in [0.15, 0.2) is 0 Å². The molecule has 1 aliphatic heterocycles. The van der Waals surface area contributed by atoms with Crippen LogP contribution in [0.4, 0.5) is 0 Å². The van der Waals surface area contributed by atoms with Gasteiger partial charge >= 0.3 is 0 Å². The summed E-state index contributed by atoms with van der Waals surface area (Å²) in [5.74, 6) is 0.997. The first-order chi connectivity index (χ1) is 12.6. The highest BCUT2D eigenvalue weighted by Gasteiger charge is 2.42. The molecule has 2 aromatic heterocycles. The summed E-state index contributed by atoms with van der Waals surface area (Å²) >= 11 is 3.22. The number of thioether (sulfide) groups is 1. The Bertz CT molecular complexity index is 864.